The first-order valence-corrected chi connectivity index (χ1v) is 7.84. The van der Waals surface area contributed by atoms with Crippen molar-refractivity contribution in [3.05, 3.63) is 22.2 Å². The number of nitrogen functional groups attached to an aromatic ring is 1. The van der Waals surface area contributed by atoms with Crippen molar-refractivity contribution in [2.24, 2.45) is 0 Å². The van der Waals surface area contributed by atoms with Gasteiger partial charge in [0, 0.05) is 12.6 Å². The van der Waals surface area contributed by atoms with Gasteiger partial charge in [-0.3, -0.25) is 0 Å². The Hall–Kier alpha value is -0.490. The number of sulfonamides is 1. The summed E-state index contributed by atoms with van der Waals surface area (Å²) in [4.78, 5) is -0.0837. The lowest BCUT2D eigenvalue weighted by molar-refractivity contribution is 0.421. The molecule has 1 aliphatic carbocycles. The SMILES string of the molecule is CCN(C1CC1)S(=O)(=O)c1c(Cl)ccc(N)c1Cl. The van der Waals surface area contributed by atoms with Crippen LogP contribution in [-0.2, 0) is 10.0 Å². The van der Waals surface area contributed by atoms with Crippen molar-refractivity contribution >= 4 is 38.9 Å². The van der Waals surface area contributed by atoms with E-state index in [4.69, 9.17) is 28.9 Å². The van der Waals surface area contributed by atoms with Gasteiger partial charge in [-0.25, -0.2) is 8.42 Å². The van der Waals surface area contributed by atoms with E-state index in [9.17, 15) is 8.42 Å². The van der Waals surface area contributed by atoms with Crippen LogP contribution in [0, 0.1) is 0 Å². The Labute approximate surface area is 117 Å². The van der Waals surface area contributed by atoms with Crippen molar-refractivity contribution in [1.82, 2.24) is 4.31 Å². The van der Waals surface area contributed by atoms with E-state index in [0.717, 1.165) is 12.8 Å². The molecule has 0 unspecified atom stereocenters. The van der Waals surface area contributed by atoms with Gasteiger partial charge < -0.3 is 5.73 Å². The van der Waals surface area contributed by atoms with Crippen LogP contribution in [0.1, 0.15) is 19.8 Å². The molecule has 2 N–H and O–H groups in total. The largest absolute Gasteiger partial charge is 0.397 e. The van der Waals surface area contributed by atoms with Crippen LogP contribution < -0.4 is 5.73 Å². The molecule has 1 aromatic rings. The van der Waals surface area contributed by atoms with Crippen LogP contribution in [0.25, 0.3) is 0 Å². The zero-order valence-electron chi connectivity index (χ0n) is 9.86. The number of rotatable bonds is 4. The number of hydrogen-bond donors (Lipinski definition) is 1. The molecule has 4 nitrogen and oxygen atoms in total. The predicted octanol–water partition coefficient (Wildman–Crippen LogP) is 2.75. The molecule has 1 saturated carbocycles. The molecule has 0 atom stereocenters. The van der Waals surface area contributed by atoms with Gasteiger partial charge in [-0.2, -0.15) is 4.31 Å². The van der Waals surface area contributed by atoms with Crippen LogP contribution in [0.5, 0.6) is 0 Å². The summed E-state index contributed by atoms with van der Waals surface area (Å²) in [6.07, 6.45) is 1.76. The summed E-state index contributed by atoms with van der Waals surface area (Å²) in [5.41, 5.74) is 5.86. The third-order valence-electron chi connectivity index (χ3n) is 2.91. The number of nitrogens with two attached hydrogens (primary N) is 1. The van der Waals surface area contributed by atoms with Crippen LogP contribution in [0.3, 0.4) is 0 Å². The summed E-state index contributed by atoms with van der Waals surface area (Å²) in [7, 11) is -3.68. The molecule has 7 heteroatoms. The number of nitrogens with zero attached hydrogens (tertiary/aromatic N) is 1. The van der Waals surface area contributed by atoms with Gasteiger partial charge in [0.15, 0.2) is 0 Å². The standard InChI is InChI=1S/C11H14Cl2N2O2S/c1-2-15(7-3-4-7)18(16,17)11-8(12)5-6-9(14)10(11)13/h5-7H,2-4,14H2,1H3. The number of halogens is 2. The van der Waals surface area contributed by atoms with Crippen molar-refractivity contribution in [2.45, 2.75) is 30.7 Å². The van der Waals surface area contributed by atoms with Crippen LogP contribution in [0.2, 0.25) is 10.0 Å². The second-order valence-electron chi connectivity index (χ2n) is 4.22. The molecular weight excluding hydrogens is 295 g/mol. The maximum atomic E-state index is 12.5. The van der Waals surface area contributed by atoms with E-state index in [1.165, 1.54) is 16.4 Å². The maximum absolute atomic E-state index is 12.5. The second-order valence-corrected chi connectivity index (χ2v) is 6.83. The molecule has 0 aliphatic heterocycles. The Morgan fingerprint density at radius 1 is 1.39 bits per heavy atom. The molecular formula is C11H14Cl2N2O2S. The second kappa shape index (κ2) is 4.89. The monoisotopic (exact) mass is 308 g/mol. The van der Waals surface area contributed by atoms with E-state index in [0.29, 0.717) is 6.54 Å². The zero-order chi connectivity index (χ0) is 13.5. The highest BCUT2D eigenvalue weighted by molar-refractivity contribution is 7.89. The zero-order valence-corrected chi connectivity index (χ0v) is 12.2. The van der Waals surface area contributed by atoms with E-state index in [-0.39, 0.29) is 26.7 Å². The molecule has 1 fully saturated rings. The minimum Gasteiger partial charge on any atom is -0.397 e. The average Bonchev–Trinajstić information content (AvgIpc) is 3.08. The van der Waals surface area contributed by atoms with E-state index in [1.54, 1.807) is 6.92 Å². The summed E-state index contributed by atoms with van der Waals surface area (Å²) in [6, 6.07) is 3.02. The predicted molar refractivity (Wildman–Crippen MR) is 73.5 cm³/mol. The Morgan fingerprint density at radius 2 is 2.00 bits per heavy atom. The van der Waals surface area contributed by atoms with E-state index in [1.807, 2.05) is 0 Å². The fourth-order valence-corrected chi connectivity index (χ4v) is 4.68. The Bertz CT molecular complexity index is 571. The lowest BCUT2D eigenvalue weighted by atomic mass is 10.3. The molecule has 100 valence electrons. The summed E-state index contributed by atoms with van der Waals surface area (Å²) in [6.45, 7) is 2.19. The van der Waals surface area contributed by atoms with Crippen LogP contribution in [0.4, 0.5) is 5.69 Å². The molecule has 0 heterocycles. The van der Waals surface area contributed by atoms with Gasteiger partial charge >= 0.3 is 0 Å². The third kappa shape index (κ3) is 2.32. The normalized spacial score (nSPS) is 16.2. The maximum Gasteiger partial charge on any atom is 0.246 e. The molecule has 0 amide bonds. The summed E-state index contributed by atoms with van der Waals surface area (Å²) < 4.78 is 26.5. The fraction of sp³-hybridized carbons (Fsp3) is 0.455. The minimum atomic E-state index is -3.68. The smallest absolute Gasteiger partial charge is 0.246 e. The molecule has 1 aliphatic rings. The van der Waals surface area contributed by atoms with Gasteiger partial charge in [0.2, 0.25) is 10.0 Å². The molecule has 0 radical (unpaired) electrons. The minimum absolute atomic E-state index is 0.00148. The van der Waals surface area contributed by atoms with E-state index in [2.05, 4.69) is 0 Å². The third-order valence-corrected chi connectivity index (χ3v) is 5.97. The van der Waals surface area contributed by atoms with Crippen molar-refractivity contribution in [3.63, 3.8) is 0 Å². The lowest BCUT2D eigenvalue weighted by Gasteiger charge is -2.21. The first kappa shape index (κ1) is 13.9. The van der Waals surface area contributed by atoms with Gasteiger partial charge in [-0.15, -0.1) is 0 Å². The van der Waals surface area contributed by atoms with Crippen molar-refractivity contribution < 1.29 is 8.42 Å². The Morgan fingerprint density at radius 3 is 2.50 bits per heavy atom. The lowest BCUT2D eigenvalue weighted by Crippen LogP contribution is -2.33. The van der Waals surface area contributed by atoms with Crippen molar-refractivity contribution in [1.29, 1.82) is 0 Å². The van der Waals surface area contributed by atoms with Crippen LogP contribution in [0.15, 0.2) is 17.0 Å². The average molecular weight is 309 g/mol. The summed E-state index contributed by atoms with van der Waals surface area (Å²) in [5, 5.41) is 0.106. The molecule has 0 spiro atoms. The van der Waals surface area contributed by atoms with Crippen molar-refractivity contribution in [3.8, 4) is 0 Å². The number of anilines is 1. The van der Waals surface area contributed by atoms with Crippen LogP contribution >= 0.6 is 23.2 Å². The van der Waals surface area contributed by atoms with Gasteiger partial charge in [-0.1, -0.05) is 30.1 Å². The molecule has 0 saturated heterocycles. The molecule has 0 aromatic heterocycles. The topological polar surface area (TPSA) is 63.4 Å². The first-order chi connectivity index (χ1) is 8.39. The Balaban J connectivity index is 2.56. The number of hydrogen-bond acceptors (Lipinski definition) is 3. The van der Waals surface area contributed by atoms with Gasteiger partial charge in [0.05, 0.1) is 15.7 Å². The van der Waals surface area contributed by atoms with E-state index < -0.39 is 10.0 Å². The summed E-state index contributed by atoms with van der Waals surface area (Å²) in [5.74, 6) is 0. The molecule has 2 rings (SSSR count). The summed E-state index contributed by atoms with van der Waals surface area (Å²) >= 11 is 12.0. The highest BCUT2D eigenvalue weighted by atomic mass is 35.5. The van der Waals surface area contributed by atoms with E-state index >= 15 is 0 Å². The van der Waals surface area contributed by atoms with Gasteiger partial charge in [0.25, 0.3) is 0 Å². The van der Waals surface area contributed by atoms with Crippen LogP contribution in [-0.4, -0.2) is 25.3 Å². The Kier molecular flexibility index (Phi) is 3.78. The molecule has 18 heavy (non-hydrogen) atoms. The quantitative estimate of drug-likeness (QED) is 0.870. The first-order valence-electron chi connectivity index (χ1n) is 5.65. The molecule has 0 bridgehead atoms. The van der Waals surface area contributed by atoms with Gasteiger partial charge in [0.1, 0.15) is 4.90 Å². The highest BCUT2D eigenvalue weighted by Crippen LogP contribution is 2.39. The fourth-order valence-electron chi connectivity index (χ4n) is 1.89. The molecule has 1 aromatic carbocycles. The van der Waals surface area contributed by atoms with Gasteiger partial charge in [-0.05, 0) is 25.0 Å². The van der Waals surface area contributed by atoms with Crippen molar-refractivity contribution in [2.75, 3.05) is 12.3 Å². The number of benzene rings is 1. The highest BCUT2D eigenvalue weighted by Gasteiger charge is 2.39.